The Kier molecular flexibility index (Phi) is 5.53. The normalized spacial score (nSPS) is 25.5. The SMILES string of the molecule is NC1=NC(c2ccccc2)(c2ccccc2)C(=O)N1CCCN1CCC2CC(CC1)C2. The van der Waals surface area contributed by atoms with E-state index in [2.05, 4.69) is 4.90 Å². The average Bonchev–Trinajstić information content (AvgIpc) is 3.01. The predicted octanol–water partition coefficient (Wildman–Crippen LogP) is 3.60. The zero-order valence-corrected chi connectivity index (χ0v) is 18.1. The quantitative estimate of drug-likeness (QED) is 0.783. The molecule has 5 nitrogen and oxygen atoms in total. The molecule has 0 spiro atoms. The standard InChI is InChI=1S/C26H32N4O/c27-25-28-26(22-8-3-1-4-9-22,23-10-5-2-6-11-23)24(31)30(25)15-7-14-29-16-12-20-18-21(19-20)13-17-29/h1-6,8-11,20-21H,7,12-19H2,(H2,27,28). The van der Waals surface area contributed by atoms with E-state index in [0.29, 0.717) is 12.5 Å². The molecule has 1 saturated carbocycles. The Labute approximate surface area is 184 Å². The predicted molar refractivity (Wildman–Crippen MR) is 124 cm³/mol. The van der Waals surface area contributed by atoms with Gasteiger partial charge in [-0.25, -0.2) is 4.99 Å². The lowest BCUT2D eigenvalue weighted by atomic mass is 9.70. The number of amides is 1. The Bertz CT molecular complexity index is 885. The maximum Gasteiger partial charge on any atom is 0.266 e. The van der Waals surface area contributed by atoms with Crippen LogP contribution in [0.4, 0.5) is 0 Å². The molecular weight excluding hydrogens is 384 g/mol. The summed E-state index contributed by atoms with van der Waals surface area (Å²) in [5.74, 6) is 2.18. The fourth-order valence-electron chi connectivity index (χ4n) is 5.56. The maximum absolute atomic E-state index is 13.8. The summed E-state index contributed by atoms with van der Waals surface area (Å²) >= 11 is 0. The zero-order chi connectivity index (χ0) is 21.3. The van der Waals surface area contributed by atoms with E-state index in [0.717, 1.165) is 35.9 Å². The monoisotopic (exact) mass is 416 g/mol. The zero-order valence-electron chi connectivity index (χ0n) is 18.1. The largest absolute Gasteiger partial charge is 0.369 e. The fraction of sp³-hybridized carbons (Fsp3) is 0.462. The van der Waals surface area contributed by atoms with Gasteiger partial charge in [-0.15, -0.1) is 0 Å². The van der Waals surface area contributed by atoms with Gasteiger partial charge >= 0.3 is 0 Å². The van der Waals surface area contributed by atoms with Crippen molar-refractivity contribution in [3.8, 4) is 0 Å². The van der Waals surface area contributed by atoms with Crippen LogP contribution in [0.2, 0.25) is 0 Å². The Morgan fingerprint density at radius 3 is 1.97 bits per heavy atom. The lowest BCUT2D eigenvalue weighted by Crippen LogP contribution is -2.45. The molecule has 3 fully saturated rings. The smallest absolute Gasteiger partial charge is 0.266 e. The minimum absolute atomic E-state index is 0.0451. The third kappa shape index (κ3) is 3.76. The number of carbonyl (C=O) groups excluding carboxylic acids is 1. The molecule has 2 N–H and O–H groups in total. The molecule has 3 heterocycles. The first-order valence-electron chi connectivity index (χ1n) is 11.7. The van der Waals surface area contributed by atoms with Gasteiger partial charge in [0.2, 0.25) is 0 Å². The highest BCUT2D eigenvalue weighted by Gasteiger charge is 2.50. The van der Waals surface area contributed by atoms with Crippen molar-refractivity contribution < 1.29 is 4.79 Å². The van der Waals surface area contributed by atoms with Crippen LogP contribution in [0.25, 0.3) is 0 Å². The van der Waals surface area contributed by atoms with Crippen molar-refractivity contribution in [2.45, 2.75) is 37.6 Å². The Morgan fingerprint density at radius 2 is 1.42 bits per heavy atom. The molecule has 2 aromatic rings. The van der Waals surface area contributed by atoms with Crippen LogP contribution in [0.5, 0.6) is 0 Å². The van der Waals surface area contributed by atoms with Crippen LogP contribution in [0, 0.1) is 11.8 Å². The summed E-state index contributed by atoms with van der Waals surface area (Å²) in [6, 6.07) is 19.6. The summed E-state index contributed by atoms with van der Waals surface area (Å²) in [5, 5.41) is 0. The van der Waals surface area contributed by atoms with E-state index in [-0.39, 0.29) is 5.91 Å². The Hall–Kier alpha value is -2.66. The third-order valence-corrected chi connectivity index (χ3v) is 7.39. The van der Waals surface area contributed by atoms with Gasteiger partial charge in [-0.2, -0.15) is 0 Å². The molecule has 0 radical (unpaired) electrons. The van der Waals surface area contributed by atoms with Gasteiger partial charge in [0.15, 0.2) is 11.5 Å². The molecule has 4 aliphatic rings. The van der Waals surface area contributed by atoms with Crippen molar-refractivity contribution in [2.24, 2.45) is 22.6 Å². The molecule has 1 aliphatic carbocycles. The second-order valence-electron chi connectivity index (χ2n) is 9.35. The number of carbonyl (C=O) groups is 1. The molecule has 1 amide bonds. The second kappa shape index (κ2) is 8.46. The fourth-order valence-corrected chi connectivity index (χ4v) is 5.56. The molecule has 2 saturated heterocycles. The van der Waals surface area contributed by atoms with Crippen molar-refractivity contribution in [3.63, 3.8) is 0 Å². The first-order valence-corrected chi connectivity index (χ1v) is 11.7. The van der Waals surface area contributed by atoms with Crippen molar-refractivity contribution >= 4 is 11.9 Å². The number of rotatable bonds is 6. The molecule has 0 aromatic heterocycles. The van der Waals surface area contributed by atoms with E-state index in [1.54, 1.807) is 4.90 Å². The van der Waals surface area contributed by atoms with Crippen molar-refractivity contribution in [2.75, 3.05) is 26.2 Å². The molecule has 31 heavy (non-hydrogen) atoms. The van der Waals surface area contributed by atoms with E-state index in [4.69, 9.17) is 10.7 Å². The van der Waals surface area contributed by atoms with E-state index in [1.807, 2.05) is 60.7 Å². The van der Waals surface area contributed by atoms with E-state index in [1.165, 1.54) is 38.8 Å². The summed E-state index contributed by atoms with van der Waals surface area (Å²) in [7, 11) is 0. The van der Waals surface area contributed by atoms with Crippen LogP contribution in [-0.4, -0.2) is 47.8 Å². The van der Waals surface area contributed by atoms with Gasteiger partial charge in [0, 0.05) is 6.54 Å². The number of nitrogens with zero attached hydrogens (tertiary/aromatic N) is 3. The number of guanidine groups is 1. The number of fused-ring (bicyclic) bond motifs is 4. The highest BCUT2D eigenvalue weighted by molar-refractivity contribution is 6.09. The topological polar surface area (TPSA) is 61.9 Å². The maximum atomic E-state index is 13.8. The van der Waals surface area contributed by atoms with Crippen LogP contribution in [-0.2, 0) is 10.3 Å². The Balaban J connectivity index is 1.31. The summed E-state index contributed by atoms with van der Waals surface area (Å²) in [6.45, 7) is 4.00. The van der Waals surface area contributed by atoms with E-state index in [9.17, 15) is 4.79 Å². The molecule has 5 heteroatoms. The molecule has 162 valence electrons. The number of hydrogen-bond acceptors (Lipinski definition) is 4. The van der Waals surface area contributed by atoms with Crippen LogP contribution in [0.3, 0.4) is 0 Å². The molecule has 6 rings (SSSR count). The highest BCUT2D eigenvalue weighted by Crippen LogP contribution is 2.41. The second-order valence-corrected chi connectivity index (χ2v) is 9.35. The molecular formula is C26H32N4O. The molecule has 0 unspecified atom stereocenters. The van der Waals surface area contributed by atoms with Gasteiger partial charge in [0.1, 0.15) is 0 Å². The van der Waals surface area contributed by atoms with Gasteiger partial charge in [-0.1, -0.05) is 60.7 Å². The van der Waals surface area contributed by atoms with Crippen molar-refractivity contribution in [1.82, 2.24) is 9.80 Å². The van der Waals surface area contributed by atoms with E-state index < -0.39 is 5.54 Å². The number of hydrogen-bond donors (Lipinski definition) is 1. The molecule has 3 aliphatic heterocycles. The summed E-state index contributed by atoms with van der Waals surface area (Å²) in [4.78, 5) is 22.8. The van der Waals surface area contributed by atoms with Gasteiger partial charge in [-0.05, 0) is 74.7 Å². The van der Waals surface area contributed by atoms with Crippen LogP contribution in [0.15, 0.2) is 65.7 Å². The van der Waals surface area contributed by atoms with Gasteiger partial charge < -0.3 is 10.6 Å². The minimum atomic E-state index is -1.09. The number of nitrogens with two attached hydrogens (primary N) is 1. The van der Waals surface area contributed by atoms with Crippen LogP contribution < -0.4 is 5.73 Å². The first-order chi connectivity index (χ1) is 15.2. The van der Waals surface area contributed by atoms with E-state index >= 15 is 0 Å². The Morgan fingerprint density at radius 1 is 0.871 bits per heavy atom. The van der Waals surface area contributed by atoms with Crippen LogP contribution >= 0.6 is 0 Å². The first kappa shape index (κ1) is 20.3. The molecule has 0 atom stereocenters. The molecule has 2 bridgehead atoms. The van der Waals surface area contributed by atoms with Crippen molar-refractivity contribution in [1.29, 1.82) is 0 Å². The van der Waals surface area contributed by atoms with Gasteiger partial charge in [-0.3, -0.25) is 9.69 Å². The van der Waals surface area contributed by atoms with Crippen molar-refractivity contribution in [3.05, 3.63) is 71.8 Å². The highest BCUT2D eigenvalue weighted by atomic mass is 16.2. The summed E-state index contributed by atoms with van der Waals surface area (Å²) in [5.41, 5.74) is 6.98. The number of aliphatic imine (C=N–C) groups is 1. The summed E-state index contributed by atoms with van der Waals surface area (Å²) in [6.07, 6.45) is 6.47. The average molecular weight is 417 g/mol. The van der Waals surface area contributed by atoms with Gasteiger partial charge in [0.25, 0.3) is 5.91 Å². The summed E-state index contributed by atoms with van der Waals surface area (Å²) < 4.78 is 0. The molecule has 2 aromatic carbocycles. The number of benzene rings is 2. The third-order valence-electron chi connectivity index (χ3n) is 7.39. The lowest BCUT2D eigenvalue weighted by molar-refractivity contribution is -0.130. The van der Waals surface area contributed by atoms with Crippen LogP contribution in [0.1, 0.15) is 43.2 Å². The lowest BCUT2D eigenvalue weighted by Gasteiger charge is -2.41. The minimum Gasteiger partial charge on any atom is -0.369 e. The van der Waals surface area contributed by atoms with Gasteiger partial charge in [0.05, 0.1) is 0 Å².